The van der Waals surface area contributed by atoms with Gasteiger partial charge in [0.1, 0.15) is 0 Å². The molecule has 0 saturated heterocycles. The summed E-state index contributed by atoms with van der Waals surface area (Å²) in [4.78, 5) is 12.3. The number of carboxylic acid groups (broad SMARTS) is 1. The second-order valence-electron chi connectivity index (χ2n) is 3.49. The molecule has 0 amide bonds. The first kappa shape index (κ1) is 14.4. The maximum Gasteiger partial charge on any atom is 0.317 e. The molecule has 0 fully saturated rings. The highest BCUT2D eigenvalue weighted by molar-refractivity contribution is 7.07. The van der Waals surface area contributed by atoms with Crippen molar-refractivity contribution in [1.82, 2.24) is 4.90 Å². The van der Waals surface area contributed by atoms with Gasteiger partial charge < -0.3 is 5.11 Å². The molecule has 0 aliphatic rings. The van der Waals surface area contributed by atoms with E-state index in [1.807, 2.05) is 24.3 Å². The van der Waals surface area contributed by atoms with Crippen LogP contribution in [0.1, 0.15) is 12.5 Å². The molecule has 1 rings (SSSR count). The van der Waals surface area contributed by atoms with Crippen LogP contribution >= 0.6 is 23.7 Å². The molecule has 0 spiro atoms. The molecule has 1 heterocycles. The van der Waals surface area contributed by atoms with Gasteiger partial charge in [0.25, 0.3) is 0 Å². The Labute approximate surface area is 100 Å². The molecule has 1 N–H and O–H groups in total. The number of carbonyl (C=O) groups is 1. The van der Waals surface area contributed by atoms with Crippen molar-refractivity contribution in [3.05, 3.63) is 22.4 Å². The quantitative estimate of drug-likeness (QED) is 0.869. The molecule has 0 radical (unpaired) electrons. The Bertz CT molecular complexity index is 290. The van der Waals surface area contributed by atoms with Gasteiger partial charge in [-0.25, -0.2) is 0 Å². The van der Waals surface area contributed by atoms with E-state index < -0.39 is 5.97 Å². The van der Waals surface area contributed by atoms with E-state index in [0.29, 0.717) is 0 Å². The summed E-state index contributed by atoms with van der Waals surface area (Å²) >= 11 is 1.67. The average molecular weight is 250 g/mol. The molecule has 3 nitrogen and oxygen atoms in total. The fourth-order valence-corrected chi connectivity index (χ4v) is 1.96. The van der Waals surface area contributed by atoms with Crippen LogP contribution in [0.2, 0.25) is 0 Å². The smallest absolute Gasteiger partial charge is 0.317 e. The Morgan fingerprint density at radius 3 is 2.80 bits per heavy atom. The van der Waals surface area contributed by atoms with Crippen LogP contribution in [0.3, 0.4) is 0 Å². The molecule has 0 bridgehead atoms. The number of rotatable bonds is 5. The van der Waals surface area contributed by atoms with Crippen molar-refractivity contribution < 1.29 is 9.90 Å². The van der Waals surface area contributed by atoms with Gasteiger partial charge in [-0.05, 0) is 42.8 Å². The van der Waals surface area contributed by atoms with Crippen molar-refractivity contribution in [2.24, 2.45) is 0 Å². The molecule has 1 unspecified atom stereocenters. The molecular formula is C10H16ClNO2S. The standard InChI is InChI=1S/C10H15NO2S.ClH/c1-8(11(2)6-10(12)13)5-9-3-4-14-7-9;/h3-4,7-8H,5-6H2,1-2H3,(H,12,13);1H. The van der Waals surface area contributed by atoms with Crippen LogP contribution in [-0.2, 0) is 11.2 Å². The van der Waals surface area contributed by atoms with Gasteiger partial charge in [-0.2, -0.15) is 11.3 Å². The van der Waals surface area contributed by atoms with E-state index in [0.717, 1.165) is 6.42 Å². The number of aliphatic carboxylic acids is 1. The lowest BCUT2D eigenvalue weighted by Gasteiger charge is -2.22. The lowest BCUT2D eigenvalue weighted by atomic mass is 10.1. The zero-order valence-electron chi connectivity index (χ0n) is 8.84. The van der Waals surface area contributed by atoms with Gasteiger partial charge in [0.05, 0.1) is 6.54 Å². The first-order chi connectivity index (χ1) is 6.59. The Kier molecular flexibility index (Phi) is 6.56. The fraction of sp³-hybridized carbons (Fsp3) is 0.500. The highest BCUT2D eigenvalue weighted by Crippen LogP contribution is 2.10. The predicted octanol–water partition coefficient (Wildman–Crippen LogP) is 2.12. The Morgan fingerprint density at radius 1 is 1.67 bits per heavy atom. The summed E-state index contributed by atoms with van der Waals surface area (Å²) in [5, 5.41) is 12.8. The number of halogens is 1. The largest absolute Gasteiger partial charge is 0.480 e. The van der Waals surface area contributed by atoms with E-state index in [2.05, 4.69) is 11.4 Å². The molecule has 1 aromatic rings. The lowest BCUT2D eigenvalue weighted by molar-refractivity contribution is -0.138. The number of thiophene rings is 1. The predicted molar refractivity (Wildman–Crippen MR) is 65.0 cm³/mol. The molecule has 0 aliphatic heterocycles. The van der Waals surface area contributed by atoms with Gasteiger partial charge in [-0.3, -0.25) is 9.69 Å². The molecule has 1 aromatic heterocycles. The van der Waals surface area contributed by atoms with Crippen molar-refractivity contribution >= 4 is 29.7 Å². The number of likely N-dealkylation sites (N-methyl/N-ethyl adjacent to an activating group) is 1. The minimum Gasteiger partial charge on any atom is -0.480 e. The molecule has 0 aromatic carbocycles. The van der Waals surface area contributed by atoms with Crippen LogP contribution in [0.25, 0.3) is 0 Å². The molecule has 15 heavy (non-hydrogen) atoms. The SMILES string of the molecule is CC(Cc1ccsc1)N(C)CC(=O)O.Cl. The third-order valence-electron chi connectivity index (χ3n) is 2.25. The summed E-state index contributed by atoms with van der Waals surface area (Å²) in [6.45, 7) is 2.14. The summed E-state index contributed by atoms with van der Waals surface area (Å²) in [5.41, 5.74) is 1.28. The van der Waals surface area contributed by atoms with Crippen molar-refractivity contribution in [3.63, 3.8) is 0 Å². The van der Waals surface area contributed by atoms with E-state index in [1.165, 1.54) is 5.56 Å². The third-order valence-corrected chi connectivity index (χ3v) is 2.98. The van der Waals surface area contributed by atoms with Crippen LogP contribution in [0.4, 0.5) is 0 Å². The Hall–Kier alpha value is -0.580. The molecule has 0 aliphatic carbocycles. The maximum atomic E-state index is 10.5. The van der Waals surface area contributed by atoms with Crippen LogP contribution in [0.15, 0.2) is 16.8 Å². The van der Waals surface area contributed by atoms with Gasteiger partial charge >= 0.3 is 5.97 Å². The summed E-state index contributed by atoms with van der Waals surface area (Å²) in [5.74, 6) is -0.773. The number of hydrogen-bond acceptors (Lipinski definition) is 3. The maximum absolute atomic E-state index is 10.5. The average Bonchev–Trinajstić information content (AvgIpc) is 2.55. The van der Waals surface area contributed by atoms with Crippen LogP contribution < -0.4 is 0 Å². The normalized spacial score (nSPS) is 12.2. The highest BCUT2D eigenvalue weighted by atomic mass is 35.5. The van der Waals surface area contributed by atoms with Gasteiger partial charge in [0, 0.05) is 6.04 Å². The third kappa shape index (κ3) is 5.16. The Morgan fingerprint density at radius 2 is 2.33 bits per heavy atom. The van der Waals surface area contributed by atoms with E-state index in [-0.39, 0.29) is 25.0 Å². The van der Waals surface area contributed by atoms with Crippen molar-refractivity contribution in [3.8, 4) is 0 Å². The number of nitrogens with zero attached hydrogens (tertiary/aromatic N) is 1. The van der Waals surface area contributed by atoms with Crippen LogP contribution in [0, 0.1) is 0 Å². The highest BCUT2D eigenvalue weighted by Gasteiger charge is 2.12. The number of carboxylic acids is 1. The first-order valence-electron chi connectivity index (χ1n) is 4.52. The fourth-order valence-electron chi connectivity index (χ4n) is 1.27. The monoisotopic (exact) mass is 249 g/mol. The van der Waals surface area contributed by atoms with E-state index >= 15 is 0 Å². The number of hydrogen-bond donors (Lipinski definition) is 1. The minimum absolute atomic E-state index is 0. The van der Waals surface area contributed by atoms with Crippen molar-refractivity contribution in [2.75, 3.05) is 13.6 Å². The topological polar surface area (TPSA) is 40.5 Å². The Balaban J connectivity index is 0.00000196. The van der Waals surface area contributed by atoms with E-state index in [4.69, 9.17) is 5.11 Å². The lowest BCUT2D eigenvalue weighted by Crippen LogP contribution is -2.35. The second-order valence-corrected chi connectivity index (χ2v) is 4.27. The summed E-state index contributed by atoms with van der Waals surface area (Å²) in [6.07, 6.45) is 0.910. The van der Waals surface area contributed by atoms with Gasteiger partial charge in [-0.15, -0.1) is 12.4 Å². The molecule has 0 saturated carbocycles. The minimum atomic E-state index is -0.773. The van der Waals surface area contributed by atoms with Crippen LogP contribution in [-0.4, -0.2) is 35.6 Å². The molecular weight excluding hydrogens is 234 g/mol. The van der Waals surface area contributed by atoms with Crippen LogP contribution in [0.5, 0.6) is 0 Å². The first-order valence-corrected chi connectivity index (χ1v) is 5.47. The van der Waals surface area contributed by atoms with E-state index in [1.54, 1.807) is 11.3 Å². The summed E-state index contributed by atoms with van der Waals surface area (Å²) in [7, 11) is 1.84. The second kappa shape index (κ2) is 6.82. The van der Waals surface area contributed by atoms with Crippen molar-refractivity contribution in [1.29, 1.82) is 0 Å². The molecule has 1 atom stereocenters. The van der Waals surface area contributed by atoms with Crippen molar-refractivity contribution in [2.45, 2.75) is 19.4 Å². The zero-order valence-corrected chi connectivity index (χ0v) is 10.5. The zero-order chi connectivity index (χ0) is 10.6. The molecule has 86 valence electrons. The molecule has 5 heteroatoms. The van der Waals surface area contributed by atoms with Gasteiger partial charge in [0.15, 0.2) is 0 Å². The summed E-state index contributed by atoms with van der Waals surface area (Å²) in [6, 6.07) is 2.34. The summed E-state index contributed by atoms with van der Waals surface area (Å²) < 4.78 is 0. The van der Waals surface area contributed by atoms with E-state index in [9.17, 15) is 4.79 Å². The van der Waals surface area contributed by atoms with Gasteiger partial charge in [-0.1, -0.05) is 0 Å². The van der Waals surface area contributed by atoms with Gasteiger partial charge in [0.2, 0.25) is 0 Å².